The van der Waals surface area contributed by atoms with Crippen LogP contribution in [0.5, 0.6) is 0 Å². The van der Waals surface area contributed by atoms with Gasteiger partial charge in [-0.1, -0.05) is 12.8 Å². The Kier molecular flexibility index (Phi) is 3.92. The second-order valence-corrected chi connectivity index (χ2v) is 6.08. The van der Waals surface area contributed by atoms with Crippen LogP contribution in [0, 0.1) is 0 Å². The van der Waals surface area contributed by atoms with Crippen molar-refractivity contribution in [2.45, 2.75) is 44.5 Å². The quantitative estimate of drug-likeness (QED) is 0.817. The van der Waals surface area contributed by atoms with E-state index in [1.165, 1.54) is 29.9 Å². The Bertz CT molecular complexity index is 711. The molecule has 8 heteroatoms. The number of fused-ring (bicyclic) bond motifs is 1. The first-order chi connectivity index (χ1) is 11.3. The molecular formula is C15H20N6O2. The summed E-state index contributed by atoms with van der Waals surface area (Å²) in [5.41, 5.74) is -0.104. The number of rotatable bonds is 3. The maximum absolute atomic E-state index is 12.2. The number of aromatic nitrogens is 5. The molecule has 1 aliphatic carbocycles. The van der Waals surface area contributed by atoms with Crippen LogP contribution in [0.25, 0.3) is 5.82 Å². The lowest BCUT2D eigenvalue weighted by molar-refractivity contribution is -0.0996. The fourth-order valence-electron chi connectivity index (χ4n) is 3.51. The molecule has 23 heavy (non-hydrogen) atoms. The third-order valence-electron chi connectivity index (χ3n) is 4.67. The molecule has 122 valence electrons. The second kappa shape index (κ2) is 6.21. The number of morpholine rings is 1. The molecule has 4 rings (SSSR count). The third-order valence-corrected chi connectivity index (χ3v) is 4.67. The van der Waals surface area contributed by atoms with Crippen LogP contribution in [-0.4, -0.2) is 54.7 Å². The first-order valence-electron chi connectivity index (χ1n) is 8.10. The fourth-order valence-corrected chi connectivity index (χ4v) is 3.51. The molecule has 8 nitrogen and oxygen atoms in total. The van der Waals surface area contributed by atoms with Gasteiger partial charge in [-0.2, -0.15) is 5.10 Å². The molecular weight excluding hydrogens is 296 g/mol. The van der Waals surface area contributed by atoms with Crippen LogP contribution >= 0.6 is 0 Å². The van der Waals surface area contributed by atoms with Crippen molar-refractivity contribution >= 4 is 0 Å². The van der Waals surface area contributed by atoms with E-state index >= 15 is 0 Å². The van der Waals surface area contributed by atoms with E-state index in [4.69, 9.17) is 4.74 Å². The van der Waals surface area contributed by atoms with Crippen molar-refractivity contribution < 1.29 is 4.74 Å². The van der Waals surface area contributed by atoms with Crippen molar-refractivity contribution in [3.63, 3.8) is 0 Å². The molecule has 2 aromatic rings. The molecule has 2 atom stereocenters. The Balaban J connectivity index is 1.58. The molecule has 2 aliphatic rings. The highest BCUT2D eigenvalue weighted by molar-refractivity contribution is 5.16. The van der Waals surface area contributed by atoms with Gasteiger partial charge < -0.3 is 4.74 Å². The summed E-state index contributed by atoms with van der Waals surface area (Å²) in [6, 6.07) is 3.58. The Morgan fingerprint density at radius 2 is 2.17 bits per heavy atom. The van der Waals surface area contributed by atoms with Gasteiger partial charge in [0.15, 0.2) is 5.82 Å². The van der Waals surface area contributed by atoms with E-state index in [0.29, 0.717) is 24.6 Å². The summed E-state index contributed by atoms with van der Waals surface area (Å²) >= 11 is 0. The third kappa shape index (κ3) is 2.91. The van der Waals surface area contributed by atoms with Gasteiger partial charge in [0.05, 0.1) is 19.4 Å². The SMILES string of the molecule is O=c1ccc(-n2cncn2)nn1CN1CCO[C@H]2CCCC[C@H]21. The molecule has 1 saturated carbocycles. The van der Waals surface area contributed by atoms with Crippen molar-refractivity contribution in [2.24, 2.45) is 0 Å². The average molecular weight is 316 g/mol. The Hall–Kier alpha value is -2.06. The van der Waals surface area contributed by atoms with Gasteiger partial charge in [-0.15, -0.1) is 5.10 Å². The summed E-state index contributed by atoms with van der Waals surface area (Å²) in [7, 11) is 0. The van der Waals surface area contributed by atoms with E-state index in [1.54, 1.807) is 17.1 Å². The zero-order chi connectivity index (χ0) is 15.6. The van der Waals surface area contributed by atoms with Crippen molar-refractivity contribution in [3.8, 4) is 5.82 Å². The smallest absolute Gasteiger partial charge is 0.268 e. The number of hydrogen-bond donors (Lipinski definition) is 0. The van der Waals surface area contributed by atoms with Crippen LogP contribution < -0.4 is 5.56 Å². The molecule has 0 amide bonds. The highest BCUT2D eigenvalue weighted by atomic mass is 16.5. The van der Waals surface area contributed by atoms with E-state index in [1.807, 2.05) is 0 Å². The topological polar surface area (TPSA) is 78.1 Å². The van der Waals surface area contributed by atoms with Gasteiger partial charge in [-0.3, -0.25) is 9.69 Å². The summed E-state index contributed by atoms with van der Waals surface area (Å²) in [5, 5.41) is 8.49. The molecule has 0 unspecified atom stereocenters. The van der Waals surface area contributed by atoms with Crippen molar-refractivity contribution in [1.82, 2.24) is 29.4 Å². The fraction of sp³-hybridized carbons (Fsp3) is 0.600. The molecule has 1 aliphatic heterocycles. The van der Waals surface area contributed by atoms with Crippen molar-refractivity contribution in [2.75, 3.05) is 13.2 Å². The lowest BCUT2D eigenvalue weighted by Gasteiger charge is -2.43. The van der Waals surface area contributed by atoms with E-state index in [9.17, 15) is 4.79 Å². The molecule has 2 fully saturated rings. The lowest BCUT2D eigenvalue weighted by atomic mass is 9.90. The van der Waals surface area contributed by atoms with E-state index in [-0.39, 0.29) is 5.56 Å². The normalized spacial score (nSPS) is 25.2. The summed E-state index contributed by atoms with van der Waals surface area (Å²) in [5.74, 6) is 0.593. The molecule has 0 bridgehead atoms. The molecule has 1 saturated heterocycles. The van der Waals surface area contributed by atoms with E-state index in [2.05, 4.69) is 20.1 Å². The monoisotopic (exact) mass is 316 g/mol. The minimum atomic E-state index is -0.104. The van der Waals surface area contributed by atoms with Gasteiger partial charge >= 0.3 is 0 Å². The Morgan fingerprint density at radius 3 is 3.04 bits per heavy atom. The minimum absolute atomic E-state index is 0.104. The summed E-state index contributed by atoms with van der Waals surface area (Å²) in [6.45, 7) is 2.05. The van der Waals surface area contributed by atoms with Crippen LogP contribution in [0.15, 0.2) is 29.6 Å². The van der Waals surface area contributed by atoms with Crippen LogP contribution in [-0.2, 0) is 11.4 Å². The summed E-state index contributed by atoms with van der Waals surface area (Å²) in [4.78, 5) is 18.4. The number of nitrogens with zero attached hydrogens (tertiary/aromatic N) is 6. The lowest BCUT2D eigenvalue weighted by Crippen LogP contribution is -2.53. The van der Waals surface area contributed by atoms with Crippen LogP contribution in [0.3, 0.4) is 0 Å². The number of hydrogen-bond acceptors (Lipinski definition) is 6. The molecule has 0 aromatic carbocycles. The molecule has 0 N–H and O–H groups in total. The Morgan fingerprint density at radius 1 is 1.26 bits per heavy atom. The first kappa shape index (κ1) is 14.5. The van der Waals surface area contributed by atoms with E-state index < -0.39 is 0 Å². The predicted octanol–water partition coefficient (Wildman–Crippen LogP) is 0.425. The number of ether oxygens (including phenoxy) is 1. The highest BCUT2D eigenvalue weighted by Crippen LogP contribution is 2.28. The first-order valence-corrected chi connectivity index (χ1v) is 8.10. The van der Waals surface area contributed by atoms with Crippen LogP contribution in [0.4, 0.5) is 0 Å². The standard InChI is InChI=1S/C15H20N6O2/c22-15-6-5-14(20-10-16-9-17-20)18-21(15)11-19-7-8-23-13-4-2-1-3-12(13)19/h5-6,9-10,12-13H,1-4,7-8,11H2/t12-,13+/m1/s1. The predicted molar refractivity (Wildman–Crippen MR) is 82.1 cm³/mol. The average Bonchev–Trinajstić information content (AvgIpc) is 3.12. The molecule has 0 spiro atoms. The summed E-state index contributed by atoms with van der Waals surface area (Å²) < 4.78 is 8.95. The maximum atomic E-state index is 12.2. The highest BCUT2D eigenvalue weighted by Gasteiger charge is 2.34. The van der Waals surface area contributed by atoms with Crippen molar-refractivity contribution in [1.29, 1.82) is 0 Å². The Labute approximate surface area is 133 Å². The molecule has 0 radical (unpaired) electrons. The maximum Gasteiger partial charge on any atom is 0.268 e. The van der Waals surface area contributed by atoms with Crippen molar-refractivity contribution in [3.05, 3.63) is 35.1 Å². The summed E-state index contributed by atoms with van der Waals surface area (Å²) in [6.07, 6.45) is 8.02. The van der Waals surface area contributed by atoms with Gasteiger partial charge in [0, 0.05) is 18.7 Å². The largest absolute Gasteiger partial charge is 0.375 e. The van der Waals surface area contributed by atoms with Gasteiger partial charge in [0.1, 0.15) is 12.7 Å². The van der Waals surface area contributed by atoms with Gasteiger partial charge in [0.2, 0.25) is 0 Å². The van der Waals surface area contributed by atoms with Crippen LogP contribution in [0.1, 0.15) is 25.7 Å². The van der Waals surface area contributed by atoms with Crippen LogP contribution in [0.2, 0.25) is 0 Å². The minimum Gasteiger partial charge on any atom is -0.375 e. The van der Waals surface area contributed by atoms with Gasteiger partial charge in [-0.05, 0) is 18.9 Å². The molecule has 2 aromatic heterocycles. The second-order valence-electron chi connectivity index (χ2n) is 6.08. The van der Waals surface area contributed by atoms with E-state index in [0.717, 1.165) is 26.0 Å². The zero-order valence-electron chi connectivity index (χ0n) is 12.9. The zero-order valence-corrected chi connectivity index (χ0v) is 12.9. The van der Waals surface area contributed by atoms with Gasteiger partial charge in [0.25, 0.3) is 5.56 Å². The van der Waals surface area contributed by atoms with Gasteiger partial charge in [-0.25, -0.2) is 14.3 Å². The molecule has 3 heterocycles.